The molecule has 0 saturated carbocycles. The van der Waals surface area contributed by atoms with Crippen LogP contribution in [0.1, 0.15) is 45.6 Å². The minimum Gasteiger partial charge on any atom is -0.477 e. The summed E-state index contributed by atoms with van der Waals surface area (Å²) in [6, 6.07) is 1.99. The Hall–Kier alpha value is -1.30. The van der Waals surface area contributed by atoms with E-state index in [1.54, 1.807) is 6.20 Å². The number of likely N-dealkylation sites (tertiary alicyclic amines) is 1. The Morgan fingerprint density at radius 2 is 2.21 bits per heavy atom. The van der Waals surface area contributed by atoms with Gasteiger partial charge in [-0.2, -0.15) is 0 Å². The van der Waals surface area contributed by atoms with E-state index in [0.29, 0.717) is 18.4 Å². The summed E-state index contributed by atoms with van der Waals surface area (Å²) in [4.78, 5) is 18.3. The fourth-order valence-electron chi connectivity index (χ4n) is 2.79. The monoisotopic (exact) mass is 398 g/mol. The zero-order chi connectivity index (χ0) is 17.7. The van der Waals surface area contributed by atoms with Crippen molar-refractivity contribution < 1.29 is 14.3 Å². The van der Waals surface area contributed by atoms with Gasteiger partial charge in [0.15, 0.2) is 0 Å². The van der Waals surface area contributed by atoms with Gasteiger partial charge in [-0.05, 0) is 74.9 Å². The summed E-state index contributed by atoms with van der Waals surface area (Å²) in [7, 11) is 0. The average Bonchev–Trinajstić information content (AvgIpc) is 2.48. The molecule has 1 atom stereocenters. The van der Waals surface area contributed by atoms with Crippen molar-refractivity contribution in [2.45, 2.75) is 52.6 Å². The molecule has 1 aliphatic rings. The largest absolute Gasteiger partial charge is 0.477 e. The van der Waals surface area contributed by atoms with Crippen LogP contribution in [0.4, 0.5) is 4.79 Å². The van der Waals surface area contributed by atoms with Gasteiger partial charge >= 0.3 is 6.09 Å². The molecule has 1 aromatic heterocycles. The summed E-state index contributed by atoms with van der Waals surface area (Å²) in [5.74, 6) is 1.13. The number of rotatable bonds is 4. The highest BCUT2D eigenvalue weighted by atomic mass is 79.9. The first kappa shape index (κ1) is 19.0. The number of amides is 1. The molecule has 1 fully saturated rings. The highest BCUT2D eigenvalue weighted by Crippen LogP contribution is 2.23. The predicted molar refractivity (Wildman–Crippen MR) is 97.3 cm³/mol. The molecular weight excluding hydrogens is 372 g/mol. The molecule has 1 amide bonds. The fourth-order valence-corrected chi connectivity index (χ4v) is 3.24. The third-order valence-electron chi connectivity index (χ3n) is 3.93. The Morgan fingerprint density at radius 1 is 1.46 bits per heavy atom. The average molecular weight is 399 g/mol. The summed E-state index contributed by atoms with van der Waals surface area (Å²) in [6.45, 7) is 9.81. The highest BCUT2D eigenvalue weighted by Gasteiger charge is 2.27. The van der Waals surface area contributed by atoms with Crippen molar-refractivity contribution in [3.05, 3.63) is 22.3 Å². The maximum absolute atomic E-state index is 12.2. The van der Waals surface area contributed by atoms with Crippen molar-refractivity contribution in [1.29, 1.82) is 0 Å². The van der Waals surface area contributed by atoms with Crippen LogP contribution >= 0.6 is 15.9 Å². The van der Waals surface area contributed by atoms with Crippen LogP contribution in [0.2, 0.25) is 0 Å². The lowest BCUT2D eigenvalue weighted by Crippen LogP contribution is -2.43. The number of hydrogen-bond donors (Lipinski definition) is 0. The Kier molecular flexibility index (Phi) is 6.49. The molecule has 2 heterocycles. The van der Waals surface area contributed by atoms with E-state index < -0.39 is 5.60 Å². The zero-order valence-electron chi connectivity index (χ0n) is 15.0. The van der Waals surface area contributed by atoms with Gasteiger partial charge in [0.2, 0.25) is 5.88 Å². The minimum atomic E-state index is -0.447. The molecule has 5 nitrogen and oxygen atoms in total. The highest BCUT2D eigenvalue weighted by molar-refractivity contribution is 9.10. The number of hydrogen-bond acceptors (Lipinski definition) is 4. The minimum absolute atomic E-state index is 0.210. The maximum atomic E-state index is 12.2. The lowest BCUT2D eigenvalue weighted by Gasteiger charge is -2.34. The van der Waals surface area contributed by atoms with Crippen LogP contribution in [-0.4, -0.2) is 41.3 Å². The summed E-state index contributed by atoms with van der Waals surface area (Å²) >= 11 is 3.40. The van der Waals surface area contributed by atoms with Crippen LogP contribution in [0, 0.1) is 12.8 Å². The van der Waals surface area contributed by atoms with Gasteiger partial charge in [-0.3, -0.25) is 0 Å². The van der Waals surface area contributed by atoms with Crippen molar-refractivity contribution in [2.24, 2.45) is 5.92 Å². The van der Waals surface area contributed by atoms with E-state index in [9.17, 15) is 4.79 Å². The number of piperidine rings is 1. The number of ether oxygens (including phenoxy) is 2. The second kappa shape index (κ2) is 8.19. The Balaban J connectivity index is 1.79. The number of pyridine rings is 1. The molecule has 1 saturated heterocycles. The quantitative estimate of drug-likeness (QED) is 0.745. The van der Waals surface area contributed by atoms with Crippen LogP contribution in [0.5, 0.6) is 5.88 Å². The number of halogens is 1. The van der Waals surface area contributed by atoms with Crippen LogP contribution in [-0.2, 0) is 4.74 Å². The van der Waals surface area contributed by atoms with E-state index in [-0.39, 0.29) is 6.09 Å². The Morgan fingerprint density at radius 3 is 2.88 bits per heavy atom. The third kappa shape index (κ3) is 5.96. The van der Waals surface area contributed by atoms with Gasteiger partial charge in [-0.15, -0.1) is 0 Å². The summed E-state index contributed by atoms with van der Waals surface area (Å²) in [5.41, 5.74) is 0.571. The van der Waals surface area contributed by atoms with Gasteiger partial charge in [0.05, 0.1) is 6.61 Å². The summed E-state index contributed by atoms with van der Waals surface area (Å²) in [5, 5.41) is 0. The molecule has 1 unspecified atom stereocenters. The normalized spacial score (nSPS) is 18.4. The molecule has 2 rings (SSSR count). The number of carbonyl (C=O) groups excluding carboxylic acids is 1. The summed E-state index contributed by atoms with van der Waals surface area (Å²) in [6.07, 6.45) is 4.58. The predicted octanol–water partition coefficient (Wildman–Crippen LogP) is 4.57. The molecule has 0 spiro atoms. The van der Waals surface area contributed by atoms with E-state index in [1.807, 2.05) is 38.7 Å². The summed E-state index contributed by atoms with van der Waals surface area (Å²) < 4.78 is 12.2. The number of nitrogens with zero attached hydrogens (tertiary/aromatic N) is 2. The van der Waals surface area contributed by atoms with E-state index in [4.69, 9.17) is 9.47 Å². The van der Waals surface area contributed by atoms with E-state index in [0.717, 1.165) is 42.4 Å². The van der Waals surface area contributed by atoms with Crippen LogP contribution in [0.3, 0.4) is 0 Å². The zero-order valence-corrected chi connectivity index (χ0v) is 16.6. The fraction of sp³-hybridized carbons (Fsp3) is 0.667. The van der Waals surface area contributed by atoms with Crippen LogP contribution in [0.25, 0.3) is 0 Å². The topological polar surface area (TPSA) is 51.7 Å². The second-order valence-electron chi connectivity index (χ2n) is 7.35. The molecule has 24 heavy (non-hydrogen) atoms. The first-order valence-corrected chi connectivity index (χ1v) is 9.27. The third-order valence-corrected chi connectivity index (χ3v) is 4.37. The molecule has 1 aliphatic heterocycles. The number of aryl methyl sites for hydroxylation is 1. The first-order chi connectivity index (χ1) is 11.2. The molecule has 0 N–H and O–H groups in total. The van der Waals surface area contributed by atoms with Gasteiger partial charge in [0, 0.05) is 29.3 Å². The van der Waals surface area contributed by atoms with Gasteiger partial charge in [-0.25, -0.2) is 9.78 Å². The van der Waals surface area contributed by atoms with Crippen molar-refractivity contribution in [3.8, 4) is 5.88 Å². The van der Waals surface area contributed by atoms with Crippen molar-refractivity contribution >= 4 is 22.0 Å². The molecule has 0 aromatic carbocycles. The van der Waals surface area contributed by atoms with E-state index in [2.05, 4.69) is 20.9 Å². The SMILES string of the molecule is Cc1cc(Br)cnc1OCCC1CCCN(C(=O)OC(C)(C)C)C1. The van der Waals surface area contributed by atoms with Gasteiger partial charge in [0.1, 0.15) is 5.60 Å². The molecule has 6 heteroatoms. The molecule has 0 aliphatic carbocycles. The van der Waals surface area contributed by atoms with Crippen LogP contribution in [0.15, 0.2) is 16.7 Å². The molecular formula is C18H27BrN2O3. The standard InChI is InChI=1S/C18H27BrN2O3/c1-13-10-15(19)11-20-16(13)23-9-7-14-6-5-8-21(12-14)17(22)24-18(2,3)4/h10-11,14H,5-9,12H2,1-4H3. The van der Waals surface area contributed by atoms with E-state index in [1.165, 1.54) is 0 Å². The van der Waals surface area contributed by atoms with Crippen molar-refractivity contribution in [3.63, 3.8) is 0 Å². The molecule has 134 valence electrons. The van der Waals surface area contributed by atoms with Crippen molar-refractivity contribution in [1.82, 2.24) is 9.88 Å². The number of carbonyl (C=O) groups is 1. The smallest absolute Gasteiger partial charge is 0.410 e. The lowest BCUT2D eigenvalue weighted by molar-refractivity contribution is 0.0154. The second-order valence-corrected chi connectivity index (χ2v) is 8.26. The molecule has 0 bridgehead atoms. The lowest BCUT2D eigenvalue weighted by atomic mass is 9.95. The maximum Gasteiger partial charge on any atom is 0.410 e. The molecule has 1 aromatic rings. The first-order valence-electron chi connectivity index (χ1n) is 8.47. The Labute approximate surface area is 152 Å². The van der Waals surface area contributed by atoms with Gasteiger partial charge in [-0.1, -0.05) is 0 Å². The van der Waals surface area contributed by atoms with Gasteiger partial charge in [0.25, 0.3) is 0 Å². The van der Waals surface area contributed by atoms with Crippen LogP contribution < -0.4 is 4.74 Å². The van der Waals surface area contributed by atoms with E-state index >= 15 is 0 Å². The number of aromatic nitrogens is 1. The molecule has 0 radical (unpaired) electrons. The Bertz CT molecular complexity index is 572. The van der Waals surface area contributed by atoms with Crippen molar-refractivity contribution in [2.75, 3.05) is 19.7 Å². The van der Waals surface area contributed by atoms with Gasteiger partial charge < -0.3 is 14.4 Å².